The summed E-state index contributed by atoms with van der Waals surface area (Å²) < 4.78 is 11.9. The van der Waals surface area contributed by atoms with Crippen molar-refractivity contribution < 1.29 is 19.4 Å². The summed E-state index contributed by atoms with van der Waals surface area (Å²) in [7, 11) is -1.58. The lowest BCUT2D eigenvalue weighted by atomic mass is 9.79. The molecule has 0 atom stereocenters. The van der Waals surface area contributed by atoms with Gasteiger partial charge in [0.15, 0.2) is 0 Å². The standard InChI is InChI=1S/C12H17BO2.C6H7BO2.2C2H6.CH4/c1-11(2)12(3,4)15-13(14-11)10-8-6-5-7-9-10;8-7(9)6-4-2-1-3-5-6;2*1-2;/h5-9H,1-4H3;1-5,8-9H;2*1-2H3;1H4. The number of hydrogen-bond acceptors (Lipinski definition) is 4. The van der Waals surface area contributed by atoms with Crippen molar-refractivity contribution in [1.29, 1.82) is 0 Å². The largest absolute Gasteiger partial charge is 0.494 e. The first-order chi connectivity index (χ1) is 13.2. The molecule has 3 rings (SSSR count). The summed E-state index contributed by atoms with van der Waals surface area (Å²) in [6.45, 7) is 16.3. The highest BCUT2D eigenvalue weighted by Crippen LogP contribution is 2.36. The zero-order valence-corrected chi connectivity index (χ0v) is 18.6. The maximum Gasteiger partial charge on any atom is 0.494 e. The molecule has 0 unspecified atom stereocenters. The maximum absolute atomic E-state index is 8.58. The van der Waals surface area contributed by atoms with E-state index in [0.717, 1.165) is 5.46 Å². The molecule has 2 N–H and O–H groups in total. The fourth-order valence-corrected chi connectivity index (χ4v) is 2.21. The van der Waals surface area contributed by atoms with Crippen LogP contribution in [0.1, 0.15) is 62.8 Å². The van der Waals surface area contributed by atoms with E-state index >= 15 is 0 Å². The van der Waals surface area contributed by atoms with Crippen molar-refractivity contribution in [2.24, 2.45) is 0 Å². The molecule has 29 heavy (non-hydrogen) atoms. The van der Waals surface area contributed by atoms with E-state index in [1.807, 2.05) is 64.1 Å². The van der Waals surface area contributed by atoms with Crippen LogP contribution < -0.4 is 10.9 Å². The van der Waals surface area contributed by atoms with Gasteiger partial charge < -0.3 is 19.4 Å². The average molecular weight is 402 g/mol. The lowest BCUT2D eigenvalue weighted by molar-refractivity contribution is 0.00578. The summed E-state index contributed by atoms with van der Waals surface area (Å²) in [5, 5.41) is 17.2. The van der Waals surface area contributed by atoms with Gasteiger partial charge in [-0.15, -0.1) is 0 Å². The summed E-state index contributed by atoms with van der Waals surface area (Å²) in [5.41, 5.74) is 1.09. The molecule has 1 aliphatic heterocycles. The van der Waals surface area contributed by atoms with Gasteiger partial charge in [-0.05, 0) is 38.6 Å². The highest BCUT2D eigenvalue weighted by Gasteiger charge is 2.51. The minimum atomic E-state index is -1.34. The van der Waals surface area contributed by atoms with E-state index in [0.29, 0.717) is 5.46 Å². The second kappa shape index (κ2) is 14.4. The van der Waals surface area contributed by atoms with Gasteiger partial charge in [0, 0.05) is 0 Å². The van der Waals surface area contributed by atoms with E-state index in [2.05, 4.69) is 27.7 Å². The van der Waals surface area contributed by atoms with Crippen LogP contribution in [-0.2, 0) is 9.31 Å². The van der Waals surface area contributed by atoms with E-state index < -0.39 is 7.12 Å². The zero-order chi connectivity index (χ0) is 21.8. The topological polar surface area (TPSA) is 58.9 Å². The van der Waals surface area contributed by atoms with Crippen molar-refractivity contribution in [3.05, 3.63) is 60.7 Å². The monoisotopic (exact) mass is 402 g/mol. The first-order valence-corrected chi connectivity index (χ1v) is 10.0. The molecular formula is C23H40B2O4. The van der Waals surface area contributed by atoms with Gasteiger partial charge in [-0.2, -0.15) is 0 Å². The Labute approximate surface area is 179 Å². The molecule has 0 spiro atoms. The summed E-state index contributed by atoms with van der Waals surface area (Å²) in [5.74, 6) is 0. The molecule has 1 aliphatic rings. The fourth-order valence-electron chi connectivity index (χ4n) is 2.21. The van der Waals surface area contributed by atoms with Gasteiger partial charge in [-0.25, -0.2) is 0 Å². The molecule has 1 saturated heterocycles. The summed E-state index contributed by atoms with van der Waals surface area (Å²) in [4.78, 5) is 0. The molecule has 1 fully saturated rings. The van der Waals surface area contributed by atoms with Gasteiger partial charge in [0.25, 0.3) is 0 Å². The van der Waals surface area contributed by atoms with Crippen molar-refractivity contribution in [3.8, 4) is 0 Å². The summed E-state index contributed by atoms with van der Waals surface area (Å²) in [6.07, 6.45) is 0. The Bertz CT molecular complexity index is 616. The van der Waals surface area contributed by atoms with Crippen molar-refractivity contribution >= 4 is 25.2 Å². The van der Waals surface area contributed by atoms with Gasteiger partial charge in [0.05, 0.1) is 11.2 Å². The Morgan fingerprint density at radius 1 is 0.690 bits per heavy atom. The molecule has 4 nitrogen and oxygen atoms in total. The minimum Gasteiger partial charge on any atom is -0.423 e. The van der Waals surface area contributed by atoms with Gasteiger partial charge in [-0.3, -0.25) is 0 Å². The van der Waals surface area contributed by atoms with Crippen LogP contribution in [0.4, 0.5) is 0 Å². The van der Waals surface area contributed by atoms with E-state index in [1.54, 1.807) is 24.3 Å². The highest BCUT2D eigenvalue weighted by molar-refractivity contribution is 6.62. The lowest BCUT2D eigenvalue weighted by Crippen LogP contribution is -2.41. The summed E-state index contributed by atoms with van der Waals surface area (Å²) >= 11 is 0. The Kier molecular flexibility index (Phi) is 14.7. The third-order valence-electron chi connectivity index (χ3n) is 4.42. The van der Waals surface area contributed by atoms with Gasteiger partial charge in [-0.1, -0.05) is 95.8 Å². The molecule has 0 saturated carbocycles. The molecule has 0 amide bonds. The van der Waals surface area contributed by atoms with Crippen LogP contribution >= 0.6 is 0 Å². The fraction of sp³-hybridized carbons (Fsp3) is 0.478. The average Bonchev–Trinajstić information content (AvgIpc) is 2.94. The van der Waals surface area contributed by atoms with E-state index in [-0.39, 0.29) is 25.7 Å². The second-order valence-electron chi connectivity index (χ2n) is 6.78. The van der Waals surface area contributed by atoms with Crippen molar-refractivity contribution in [2.45, 2.75) is 74.0 Å². The van der Waals surface area contributed by atoms with E-state index in [4.69, 9.17) is 19.4 Å². The molecule has 0 aromatic heterocycles. The van der Waals surface area contributed by atoms with Crippen LogP contribution in [-0.4, -0.2) is 35.5 Å². The minimum absolute atomic E-state index is 0. The third kappa shape index (κ3) is 9.18. The van der Waals surface area contributed by atoms with Crippen LogP contribution in [0, 0.1) is 0 Å². The third-order valence-corrected chi connectivity index (χ3v) is 4.42. The Balaban J connectivity index is 0. The number of hydrogen-bond donors (Lipinski definition) is 2. The van der Waals surface area contributed by atoms with Crippen molar-refractivity contribution in [2.75, 3.05) is 0 Å². The predicted molar refractivity (Wildman–Crippen MR) is 128 cm³/mol. The molecular weight excluding hydrogens is 362 g/mol. The second-order valence-corrected chi connectivity index (χ2v) is 6.78. The Morgan fingerprint density at radius 3 is 1.34 bits per heavy atom. The molecule has 1 heterocycles. The van der Waals surface area contributed by atoms with Crippen LogP contribution in [0.5, 0.6) is 0 Å². The van der Waals surface area contributed by atoms with Gasteiger partial charge >= 0.3 is 14.2 Å². The van der Waals surface area contributed by atoms with Gasteiger partial charge in [0.2, 0.25) is 0 Å². The molecule has 0 bridgehead atoms. The quantitative estimate of drug-likeness (QED) is 0.745. The predicted octanol–water partition coefficient (Wildman–Crippen LogP) is 4.04. The smallest absolute Gasteiger partial charge is 0.423 e. The van der Waals surface area contributed by atoms with E-state index in [9.17, 15) is 0 Å². The molecule has 0 aliphatic carbocycles. The van der Waals surface area contributed by atoms with Crippen molar-refractivity contribution in [3.63, 3.8) is 0 Å². The molecule has 6 heteroatoms. The molecule has 2 aromatic rings. The number of rotatable bonds is 2. The Hall–Kier alpha value is -1.59. The maximum atomic E-state index is 8.58. The van der Waals surface area contributed by atoms with Gasteiger partial charge in [0.1, 0.15) is 0 Å². The number of benzene rings is 2. The van der Waals surface area contributed by atoms with Crippen LogP contribution in [0.15, 0.2) is 60.7 Å². The van der Waals surface area contributed by atoms with Crippen LogP contribution in [0.25, 0.3) is 0 Å². The van der Waals surface area contributed by atoms with Crippen molar-refractivity contribution in [1.82, 2.24) is 0 Å². The SMILES string of the molecule is C.CC.CC.CC1(C)OB(c2ccccc2)OC1(C)C.OB(O)c1ccccc1. The summed E-state index contributed by atoms with van der Waals surface area (Å²) in [6, 6.07) is 18.7. The van der Waals surface area contributed by atoms with E-state index in [1.165, 1.54) is 0 Å². The molecule has 162 valence electrons. The normalized spacial score (nSPS) is 15.2. The van der Waals surface area contributed by atoms with Crippen LogP contribution in [0.3, 0.4) is 0 Å². The first-order valence-electron chi connectivity index (χ1n) is 10.0. The lowest BCUT2D eigenvalue weighted by Gasteiger charge is -2.32. The zero-order valence-electron chi connectivity index (χ0n) is 18.6. The first kappa shape index (κ1) is 29.6. The highest BCUT2D eigenvalue weighted by atomic mass is 16.7. The Morgan fingerprint density at radius 2 is 1.03 bits per heavy atom. The molecule has 0 radical (unpaired) electrons. The van der Waals surface area contributed by atoms with Crippen LogP contribution in [0.2, 0.25) is 0 Å². The molecule has 2 aromatic carbocycles.